The maximum absolute atomic E-state index is 15.8. The minimum atomic E-state index is -1.46. The number of carbonyl (C=O) groups is 2. The van der Waals surface area contributed by atoms with Crippen LogP contribution >= 0.6 is 0 Å². The Morgan fingerprint density at radius 1 is 0.950 bits per heavy atom. The van der Waals surface area contributed by atoms with Gasteiger partial charge in [-0.2, -0.15) is 0 Å². The lowest BCUT2D eigenvalue weighted by Crippen LogP contribution is -2.43. The van der Waals surface area contributed by atoms with E-state index in [1.165, 1.54) is 0 Å². The van der Waals surface area contributed by atoms with Crippen molar-refractivity contribution in [3.8, 4) is 0 Å². The number of amides is 2. The van der Waals surface area contributed by atoms with Crippen LogP contribution in [0, 0.1) is 13.8 Å². The number of nitrogens with zero attached hydrogens (tertiary/aromatic N) is 3. The van der Waals surface area contributed by atoms with Gasteiger partial charge in [0, 0.05) is 82.3 Å². The second-order valence-corrected chi connectivity index (χ2v) is 10.7. The fourth-order valence-corrected chi connectivity index (χ4v) is 5.47. The number of piperazine rings is 1. The molecule has 0 aliphatic carbocycles. The molecule has 8 nitrogen and oxygen atoms in total. The van der Waals surface area contributed by atoms with Crippen molar-refractivity contribution >= 4 is 29.0 Å². The molecule has 0 unspecified atom stereocenters. The van der Waals surface area contributed by atoms with Crippen LogP contribution in [0.15, 0.2) is 54.7 Å². The third kappa shape index (κ3) is 5.79. The van der Waals surface area contributed by atoms with Gasteiger partial charge in [0.15, 0.2) is 0 Å². The van der Waals surface area contributed by atoms with E-state index >= 15 is 4.39 Å². The Bertz CT molecular complexity index is 1360. The summed E-state index contributed by atoms with van der Waals surface area (Å²) >= 11 is 0. The number of rotatable bonds is 6. The minimum Gasteiger partial charge on any atom is -0.388 e. The lowest BCUT2D eigenvalue weighted by atomic mass is 9.85. The van der Waals surface area contributed by atoms with E-state index in [-0.39, 0.29) is 24.7 Å². The Morgan fingerprint density at radius 2 is 1.65 bits per heavy atom. The zero-order valence-corrected chi connectivity index (χ0v) is 23.4. The number of aryl methyl sites for hydroxylation is 2. The average Bonchev–Trinajstić information content (AvgIpc) is 2.99. The summed E-state index contributed by atoms with van der Waals surface area (Å²) in [5.74, 6) is 0.420. The number of hydrogen-bond acceptors (Lipinski definition) is 6. The summed E-state index contributed by atoms with van der Waals surface area (Å²) in [5.41, 5.74) is 3.33. The predicted molar refractivity (Wildman–Crippen MR) is 157 cm³/mol. The molecule has 3 N–H and O–H groups in total. The molecular formula is C31H37FN6O2. The summed E-state index contributed by atoms with van der Waals surface area (Å²) in [6.45, 7) is 8.02. The molecule has 2 fully saturated rings. The van der Waals surface area contributed by atoms with Crippen molar-refractivity contribution in [1.82, 2.24) is 15.2 Å². The van der Waals surface area contributed by atoms with Gasteiger partial charge in [0.25, 0.3) is 11.8 Å². The van der Waals surface area contributed by atoms with E-state index < -0.39 is 5.67 Å². The number of anilines is 3. The number of aromatic nitrogens is 1. The van der Waals surface area contributed by atoms with Crippen molar-refractivity contribution in [3.63, 3.8) is 0 Å². The van der Waals surface area contributed by atoms with Gasteiger partial charge in [0.1, 0.15) is 11.5 Å². The molecule has 0 atom stereocenters. The number of hydrogen-bond donors (Lipinski definition) is 3. The zero-order valence-electron chi connectivity index (χ0n) is 23.4. The van der Waals surface area contributed by atoms with Crippen LogP contribution in [0.1, 0.15) is 50.2 Å². The first-order valence-corrected chi connectivity index (χ1v) is 13.9. The first-order chi connectivity index (χ1) is 19.3. The second kappa shape index (κ2) is 11.6. The van der Waals surface area contributed by atoms with Crippen molar-refractivity contribution in [2.24, 2.45) is 0 Å². The Labute approximate surface area is 235 Å². The number of nitrogens with one attached hydrogen (secondary N) is 3. The number of likely N-dealkylation sites (tertiary alicyclic amines) is 1. The molecule has 0 saturated carbocycles. The Balaban J connectivity index is 1.26. The molecule has 40 heavy (non-hydrogen) atoms. The van der Waals surface area contributed by atoms with Crippen LogP contribution in [0.25, 0.3) is 0 Å². The van der Waals surface area contributed by atoms with Crippen molar-refractivity contribution in [2.45, 2.75) is 32.4 Å². The maximum atomic E-state index is 15.8. The Hall–Kier alpha value is -3.98. The lowest BCUT2D eigenvalue weighted by Gasteiger charge is -2.37. The molecule has 2 aliphatic rings. The minimum absolute atomic E-state index is 0.150. The Morgan fingerprint density at radius 3 is 2.27 bits per heavy atom. The van der Waals surface area contributed by atoms with E-state index in [9.17, 15) is 9.59 Å². The maximum Gasteiger partial charge on any atom is 0.257 e. The van der Waals surface area contributed by atoms with Gasteiger partial charge in [-0.25, -0.2) is 9.37 Å². The molecule has 5 rings (SSSR count). The monoisotopic (exact) mass is 544 g/mol. The molecule has 2 amide bonds. The van der Waals surface area contributed by atoms with Crippen LogP contribution in [0.5, 0.6) is 0 Å². The van der Waals surface area contributed by atoms with E-state index in [0.717, 1.165) is 48.8 Å². The molecule has 2 aliphatic heterocycles. The lowest BCUT2D eigenvalue weighted by molar-refractivity contribution is 0.0421. The number of halogens is 1. The van der Waals surface area contributed by atoms with Crippen LogP contribution in [0.3, 0.4) is 0 Å². The zero-order chi connectivity index (χ0) is 28.3. The van der Waals surface area contributed by atoms with E-state index in [2.05, 4.69) is 25.8 Å². The molecule has 2 aromatic carbocycles. The highest BCUT2D eigenvalue weighted by molar-refractivity contribution is 6.05. The molecule has 0 bridgehead atoms. The van der Waals surface area contributed by atoms with Gasteiger partial charge in [-0.3, -0.25) is 9.59 Å². The van der Waals surface area contributed by atoms with Crippen LogP contribution < -0.4 is 20.9 Å². The highest BCUT2D eigenvalue weighted by Crippen LogP contribution is 2.38. The molecule has 1 aromatic heterocycles. The Kier molecular flexibility index (Phi) is 8.02. The second-order valence-electron chi connectivity index (χ2n) is 10.7. The molecule has 0 spiro atoms. The van der Waals surface area contributed by atoms with Crippen molar-refractivity contribution < 1.29 is 14.0 Å². The van der Waals surface area contributed by atoms with Gasteiger partial charge < -0.3 is 25.8 Å². The number of pyridine rings is 1. The highest BCUT2D eigenvalue weighted by atomic mass is 19.1. The van der Waals surface area contributed by atoms with Gasteiger partial charge in [0.2, 0.25) is 0 Å². The van der Waals surface area contributed by atoms with Gasteiger partial charge in [-0.05, 0) is 60.9 Å². The standard InChI is InChI=1S/C31H37FN6O2/c1-21-18-22(2)27(36-29(39)23-4-9-28(35-20-23)37-16-12-34-13-17-37)19-26(21)30(40)38-14-10-31(32,11-15-38)24-5-7-25(33-3)8-6-24/h4-9,18-20,33-34H,10-17H2,1-3H3,(H,36,39). The summed E-state index contributed by atoms with van der Waals surface area (Å²) in [6.07, 6.45) is 2.07. The summed E-state index contributed by atoms with van der Waals surface area (Å²) in [7, 11) is 1.83. The summed E-state index contributed by atoms with van der Waals surface area (Å²) in [4.78, 5) is 35.0. The SMILES string of the molecule is CNc1ccc(C2(F)CCN(C(=O)c3cc(NC(=O)c4ccc(N5CCNCC5)nc4)c(C)cc3C)CC2)cc1. The molecule has 2 saturated heterocycles. The number of carbonyl (C=O) groups excluding carboxylic acids is 2. The topological polar surface area (TPSA) is 89.6 Å². The van der Waals surface area contributed by atoms with Gasteiger partial charge in [-0.1, -0.05) is 18.2 Å². The molecular weight excluding hydrogens is 507 g/mol. The highest BCUT2D eigenvalue weighted by Gasteiger charge is 2.38. The third-order valence-corrected chi connectivity index (χ3v) is 8.04. The van der Waals surface area contributed by atoms with Gasteiger partial charge in [-0.15, -0.1) is 0 Å². The number of piperidine rings is 1. The average molecular weight is 545 g/mol. The van der Waals surface area contributed by atoms with Crippen LogP contribution in [-0.2, 0) is 5.67 Å². The first kappa shape index (κ1) is 27.6. The molecule has 9 heteroatoms. The number of benzene rings is 2. The van der Waals surface area contributed by atoms with Crippen LogP contribution in [0.2, 0.25) is 0 Å². The van der Waals surface area contributed by atoms with Gasteiger partial charge >= 0.3 is 0 Å². The molecule has 0 radical (unpaired) electrons. The largest absolute Gasteiger partial charge is 0.388 e. The van der Waals surface area contributed by atoms with Gasteiger partial charge in [0.05, 0.1) is 5.56 Å². The smallest absolute Gasteiger partial charge is 0.257 e. The van der Waals surface area contributed by atoms with Crippen molar-refractivity contribution in [1.29, 1.82) is 0 Å². The normalized spacial score (nSPS) is 16.9. The number of alkyl halides is 1. The van der Waals surface area contributed by atoms with E-state index in [1.807, 2.05) is 57.3 Å². The summed E-state index contributed by atoms with van der Waals surface area (Å²) < 4.78 is 15.8. The summed E-state index contributed by atoms with van der Waals surface area (Å²) in [6, 6.07) is 14.7. The fourth-order valence-electron chi connectivity index (χ4n) is 5.47. The molecule has 210 valence electrons. The predicted octanol–water partition coefficient (Wildman–Crippen LogP) is 4.50. The van der Waals surface area contributed by atoms with E-state index in [0.29, 0.717) is 35.5 Å². The van der Waals surface area contributed by atoms with Crippen LogP contribution in [-0.4, -0.2) is 68.0 Å². The first-order valence-electron chi connectivity index (χ1n) is 13.9. The quantitative estimate of drug-likeness (QED) is 0.424. The van der Waals surface area contributed by atoms with Crippen LogP contribution in [0.4, 0.5) is 21.6 Å². The van der Waals surface area contributed by atoms with E-state index in [1.54, 1.807) is 23.2 Å². The van der Waals surface area contributed by atoms with E-state index in [4.69, 9.17) is 0 Å². The fraction of sp³-hybridized carbons (Fsp3) is 0.387. The molecule has 3 aromatic rings. The summed E-state index contributed by atoms with van der Waals surface area (Å²) in [5, 5.41) is 9.33. The molecule has 3 heterocycles. The van der Waals surface area contributed by atoms with Crippen molar-refractivity contribution in [3.05, 3.63) is 82.5 Å². The third-order valence-electron chi connectivity index (χ3n) is 8.04. The van der Waals surface area contributed by atoms with Crippen molar-refractivity contribution in [2.75, 3.05) is 61.8 Å².